The maximum Gasteiger partial charge on any atom is 0.338 e. The van der Waals surface area contributed by atoms with Gasteiger partial charge in [-0.1, -0.05) is 0 Å². The van der Waals surface area contributed by atoms with Crippen molar-refractivity contribution in [3.63, 3.8) is 0 Å². The Hall–Kier alpha value is -0.420. The molecule has 0 atom stereocenters. The van der Waals surface area contributed by atoms with Crippen molar-refractivity contribution in [3.8, 4) is 0 Å². The summed E-state index contributed by atoms with van der Waals surface area (Å²) in [6, 6.07) is 1.66. The molecular weight excluding hydrogens is 290 g/mol. The molecule has 64 valence electrons. The van der Waals surface area contributed by atoms with Crippen LogP contribution in [0, 0.1) is 6.92 Å². The van der Waals surface area contributed by atoms with Gasteiger partial charge in [-0.2, -0.15) is 0 Å². The predicted molar refractivity (Wildman–Crippen MR) is 51.3 cm³/mol. The van der Waals surface area contributed by atoms with E-state index in [1.165, 1.54) is 0 Å². The molecule has 0 aliphatic carbocycles. The summed E-state index contributed by atoms with van der Waals surface area (Å²) in [4.78, 5) is 14.6. The molecule has 0 spiro atoms. The average Bonchev–Trinajstić information content (AvgIpc) is 1.82. The lowest BCUT2D eigenvalue weighted by molar-refractivity contribution is 0.0694. The molecular formula is C7H5Br2NO2. The summed E-state index contributed by atoms with van der Waals surface area (Å²) >= 11 is 6.24. The Balaban J connectivity index is 3.38. The first-order valence-electron chi connectivity index (χ1n) is 3.08. The summed E-state index contributed by atoms with van der Waals surface area (Å²) in [5.74, 6) is -0.973. The topological polar surface area (TPSA) is 50.2 Å². The molecule has 0 unspecified atom stereocenters. The number of hydrogen-bond acceptors (Lipinski definition) is 2. The van der Waals surface area contributed by atoms with Gasteiger partial charge in [0.1, 0.15) is 9.21 Å². The molecule has 1 N–H and O–H groups in total. The summed E-state index contributed by atoms with van der Waals surface area (Å²) in [7, 11) is 0. The molecule has 1 aromatic heterocycles. The lowest BCUT2D eigenvalue weighted by atomic mass is 10.2. The van der Waals surface area contributed by atoms with Crippen LogP contribution in [0.3, 0.4) is 0 Å². The Morgan fingerprint density at radius 1 is 1.58 bits per heavy atom. The van der Waals surface area contributed by atoms with Gasteiger partial charge in [-0.05, 0) is 50.4 Å². The van der Waals surface area contributed by atoms with Crippen LogP contribution in [-0.4, -0.2) is 16.1 Å². The van der Waals surface area contributed by atoms with Crippen LogP contribution < -0.4 is 0 Å². The molecule has 0 radical (unpaired) electrons. The maximum atomic E-state index is 10.7. The van der Waals surface area contributed by atoms with Crippen molar-refractivity contribution < 1.29 is 9.90 Å². The van der Waals surface area contributed by atoms with Gasteiger partial charge in [0.25, 0.3) is 0 Å². The number of carbonyl (C=O) groups is 1. The molecule has 0 fully saturated rings. The molecule has 0 saturated heterocycles. The van der Waals surface area contributed by atoms with E-state index < -0.39 is 5.97 Å². The van der Waals surface area contributed by atoms with Crippen molar-refractivity contribution in [1.29, 1.82) is 0 Å². The molecule has 1 rings (SSSR count). The highest BCUT2D eigenvalue weighted by Gasteiger charge is 2.13. The van der Waals surface area contributed by atoms with Crippen molar-refractivity contribution in [2.24, 2.45) is 0 Å². The van der Waals surface area contributed by atoms with Gasteiger partial charge >= 0.3 is 5.97 Å². The Morgan fingerprint density at radius 2 is 2.17 bits per heavy atom. The number of aromatic nitrogens is 1. The number of rotatable bonds is 1. The summed E-state index contributed by atoms with van der Waals surface area (Å²) in [6.07, 6.45) is 0. The highest BCUT2D eigenvalue weighted by atomic mass is 79.9. The third-order valence-electron chi connectivity index (χ3n) is 1.36. The van der Waals surface area contributed by atoms with Crippen LogP contribution in [0.1, 0.15) is 15.9 Å². The minimum absolute atomic E-state index is 0.207. The number of halogens is 2. The number of pyridine rings is 1. The van der Waals surface area contributed by atoms with E-state index in [4.69, 9.17) is 5.11 Å². The molecule has 0 amide bonds. The number of hydrogen-bond donors (Lipinski definition) is 1. The maximum absolute atomic E-state index is 10.7. The van der Waals surface area contributed by atoms with Crippen molar-refractivity contribution in [2.45, 2.75) is 6.92 Å². The van der Waals surface area contributed by atoms with Crippen LogP contribution >= 0.6 is 31.9 Å². The fourth-order valence-electron chi connectivity index (χ4n) is 0.852. The first kappa shape index (κ1) is 9.67. The molecule has 0 bridgehead atoms. The smallest absolute Gasteiger partial charge is 0.338 e. The summed E-state index contributed by atoms with van der Waals surface area (Å²) in [5, 5.41) is 8.75. The normalized spacial score (nSPS) is 9.92. The highest BCUT2D eigenvalue weighted by Crippen LogP contribution is 2.21. The van der Waals surface area contributed by atoms with E-state index in [-0.39, 0.29) is 5.56 Å². The minimum Gasteiger partial charge on any atom is -0.478 e. The Bertz CT molecular complexity index is 315. The molecule has 12 heavy (non-hydrogen) atoms. The highest BCUT2D eigenvalue weighted by molar-refractivity contribution is 9.11. The van der Waals surface area contributed by atoms with Crippen molar-refractivity contribution >= 4 is 37.8 Å². The van der Waals surface area contributed by atoms with Crippen LogP contribution in [0.5, 0.6) is 0 Å². The largest absolute Gasteiger partial charge is 0.478 e. The Kier molecular flexibility index (Phi) is 2.85. The van der Waals surface area contributed by atoms with E-state index in [0.717, 1.165) is 0 Å². The second-order valence-electron chi connectivity index (χ2n) is 2.23. The van der Waals surface area contributed by atoms with Crippen LogP contribution in [0.2, 0.25) is 0 Å². The number of aromatic carboxylic acids is 1. The van der Waals surface area contributed by atoms with E-state index in [0.29, 0.717) is 14.8 Å². The number of carboxylic acid groups (broad SMARTS) is 1. The van der Waals surface area contributed by atoms with Crippen LogP contribution in [0.25, 0.3) is 0 Å². The zero-order valence-corrected chi connectivity index (χ0v) is 9.31. The second kappa shape index (κ2) is 3.53. The van der Waals surface area contributed by atoms with Crippen molar-refractivity contribution in [2.75, 3.05) is 0 Å². The van der Waals surface area contributed by atoms with E-state index >= 15 is 0 Å². The standard InChI is InChI=1S/C7H5Br2NO2/c1-3-2-4(8)10-6(9)5(3)7(11)12/h2H,1H3,(H,11,12). The molecule has 0 aromatic carbocycles. The molecule has 1 heterocycles. The Labute approximate surface area is 86.1 Å². The van der Waals surface area contributed by atoms with Crippen LogP contribution in [0.15, 0.2) is 15.3 Å². The third kappa shape index (κ3) is 1.84. The van der Waals surface area contributed by atoms with E-state index in [9.17, 15) is 4.79 Å². The van der Waals surface area contributed by atoms with Gasteiger partial charge in [0.15, 0.2) is 0 Å². The first-order chi connectivity index (χ1) is 5.52. The molecule has 5 heteroatoms. The van der Waals surface area contributed by atoms with Crippen LogP contribution in [0.4, 0.5) is 0 Å². The Morgan fingerprint density at radius 3 is 2.58 bits per heavy atom. The van der Waals surface area contributed by atoms with Gasteiger partial charge in [-0.3, -0.25) is 0 Å². The predicted octanol–water partition coefficient (Wildman–Crippen LogP) is 2.61. The molecule has 0 aliphatic heterocycles. The van der Waals surface area contributed by atoms with Gasteiger partial charge in [0.05, 0.1) is 5.56 Å². The third-order valence-corrected chi connectivity index (χ3v) is 2.34. The lowest BCUT2D eigenvalue weighted by Gasteiger charge is -2.02. The van der Waals surface area contributed by atoms with Gasteiger partial charge in [-0.15, -0.1) is 0 Å². The average molecular weight is 295 g/mol. The van der Waals surface area contributed by atoms with Crippen molar-refractivity contribution in [1.82, 2.24) is 4.98 Å². The summed E-state index contributed by atoms with van der Waals surface area (Å²) < 4.78 is 0.971. The van der Waals surface area contributed by atoms with E-state index in [1.807, 2.05) is 0 Å². The van der Waals surface area contributed by atoms with Gasteiger partial charge in [-0.25, -0.2) is 9.78 Å². The van der Waals surface area contributed by atoms with E-state index in [1.54, 1.807) is 13.0 Å². The van der Waals surface area contributed by atoms with Gasteiger partial charge in [0, 0.05) is 0 Å². The first-order valence-corrected chi connectivity index (χ1v) is 4.67. The second-order valence-corrected chi connectivity index (χ2v) is 3.80. The molecule has 0 saturated carbocycles. The molecule has 1 aromatic rings. The van der Waals surface area contributed by atoms with Crippen molar-refractivity contribution in [3.05, 3.63) is 26.4 Å². The number of aryl methyl sites for hydroxylation is 1. The fourth-order valence-corrected chi connectivity index (χ4v) is 2.28. The molecule has 3 nitrogen and oxygen atoms in total. The van der Waals surface area contributed by atoms with Gasteiger partial charge < -0.3 is 5.11 Å². The summed E-state index contributed by atoms with van der Waals surface area (Å²) in [5.41, 5.74) is 0.884. The van der Waals surface area contributed by atoms with Crippen LogP contribution in [-0.2, 0) is 0 Å². The monoisotopic (exact) mass is 293 g/mol. The zero-order valence-electron chi connectivity index (χ0n) is 6.14. The number of carboxylic acids is 1. The zero-order chi connectivity index (χ0) is 9.30. The van der Waals surface area contributed by atoms with Gasteiger partial charge in [0.2, 0.25) is 0 Å². The minimum atomic E-state index is -0.973. The fraction of sp³-hybridized carbons (Fsp3) is 0.143. The quantitative estimate of drug-likeness (QED) is 0.810. The van der Waals surface area contributed by atoms with E-state index in [2.05, 4.69) is 36.8 Å². The molecule has 0 aliphatic rings. The SMILES string of the molecule is Cc1cc(Br)nc(Br)c1C(=O)O. The summed E-state index contributed by atoms with van der Waals surface area (Å²) in [6.45, 7) is 1.72. The lowest BCUT2D eigenvalue weighted by Crippen LogP contribution is -2.02. The number of nitrogens with zero attached hydrogens (tertiary/aromatic N) is 1.